The number of hydrogen-bond acceptors (Lipinski definition) is 4. The molecule has 5 heteroatoms. The predicted molar refractivity (Wildman–Crippen MR) is 68.9 cm³/mol. The second-order valence-electron chi connectivity index (χ2n) is 4.57. The summed E-state index contributed by atoms with van der Waals surface area (Å²) in [6.07, 6.45) is 2.48. The minimum atomic E-state index is -0.712. The molecular formula is C13H18N2O3. The first-order valence-corrected chi connectivity index (χ1v) is 5.91. The van der Waals surface area contributed by atoms with Crippen LogP contribution in [0, 0.1) is 0 Å². The number of nitrogens with one attached hydrogen (secondary N) is 1. The molecule has 18 heavy (non-hydrogen) atoms. The molecule has 98 valence electrons. The number of amides is 1. The maximum Gasteiger partial charge on any atom is 0.244 e. The van der Waals surface area contributed by atoms with Gasteiger partial charge < -0.3 is 20.5 Å². The number of anilines is 1. The fourth-order valence-corrected chi connectivity index (χ4v) is 1.92. The molecule has 0 aromatic heterocycles. The van der Waals surface area contributed by atoms with Gasteiger partial charge in [0.1, 0.15) is 11.5 Å². The summed E-state index contributed by atoms with van der Waals surface area (Å²) >= 11 is 0. The van der Waals surface area contributed by atoms with E-state index in [0.29, 0.717) is 17.2 Å². The van der Waals surface area contributed by atoms with Crippen molar-refractivity contribution in [1.29, 1.82) is 0 Å². The van der Waals surface area contributed by atoms with Crippen LogP contribution in [0.15, 0.2) is 18.2 Å². The van der Waals surface area contributed by atoms with Crippen LogP contribution in [0.2, 0.25) is 0 Å². The van der Waals surface area contributed by atoms with Crippen LogP contribution in [-0.2, 0) is 4.79 Å². The third-order valence-corrected chi connectivity index (χ3v) is 3.31. The number of benzene rings is 1. The Labute approximate surface area is 106 Å². The van der Waals surface area contributed by atoms with Crippen LogP contribution in [0.1, 0.15) is 19.3 Å². The Morgan fingerprint density at radius 2 is 1.78 bits per heavy atom. The molecule has 1 aromatic carbocycles. The Bertz CT molecular complexity index is 433. The van der Waals surface area contributed by atoms with E-state index in [1.54, 1.807) is 32.4 Å². The number of ether oxygens (including phenoxy) is 2. The topological polar surface area (TPSA) is 73.6 Å². The summed E-state index contributed by atoms with van der Waals surface area (Å²) in [5.41, 5.74) is 5.88. The van der Waals surface area contributed by atoms with Gasteiger partial charge in [-0.25, -0.2) is 0 Å². The Balaban J connectivity index is 2.15. The minimum Gasteiger partial charge on any atom is -0.497 e. The van der Waals surface area contributed by atoms with Crippen molar-refractivity contribution in [2.45, 2.75) is 24.8 Å². The minimum absolute atomic E-state index is 0.149. The molecule has 1 aromatic rings. The number of nitrogens with two attached hydrogens (primary N) is 1. The van der Waals surface area contributed by atoms with E-state index in [4.69, 9.17) is 15.2 Å². The molecule has 5 nitrogen and oxygen atoms in total. The van der Waals surface area contributed by atoms with Gasteiger partial charge in [-0.2, -0.15) is 0 Å². The number of rotatable bonds is 4. The van der Waals surface area contributed by atoms with E-state index >= 15 is 0 Å². The molecule has 0 radical (unpaired) electrons. The monoisotopic (exact) mass is 250 g/mol. The third-order valence-electron chi connectivity index (χ3n) is 3.31. The molecule has 3 N–H and O–H groups in total. The summed E-state index contributed by atoms with van der Waals surface area (Å²) < 4.78 is 10.3. The van der Waals surface area contributed by atoms with Gasteiger partial charge in [-0.1, -0.05) is 0 Å². The van der Waals surface area contributed by atoms with Gasteiger partial charge >= 0.3 is 0 Å². The molecule has 0 bridgehead atoms. The first-order chi connectivity index (χ1) is 8.57. The lowest BCUT2D eigenvalue weighted by Crippen LogP contribution is -2.56. The van der Waals surface area contributed by atoms with E-state index in [1.165, 1.54) is 0 Å². The zero-order valence-corrected chi connectivity index (χ0v) is 10.7. The van der Waals surface area contributed by atoms with Gasteiger partial charge in [-0.3, -0.25) is 4.79 Å². The molecule has 0 saturated heterocycles. The highest BCUT2D eigenvalue weighted by atomic mass is 16.5. The van der Waals surface area contributed by atoms with Crippen molar-refractivity contribution >= 4 is 11.6 Å². The van der Waals surface area contributed by atoms with Crippen molar-refractivity contribution in [3.05, 3.63) is 18.2 Å². The quantitative estimate of drug-likeness (QED) is 0.849. The normalized spacial score (nSPS) is 16.6. The molecule has 0 spiro atoms. The number of carbonyl (C=O) groups is 1. The van der Waals surface area contributed by atoms with Crippen molar-refractivity contribution in [3.8, 4) is 11.5 Å². The van der Waals surface area contributed by atoms with E-state index in [0.717, 1.165) is 19.3 Å². The number of hydrogen-bond donors (Lipinski definition) is 2. The SMILES string of the molecule is COc1cc(NC(=O)C2(N)CCC2)cc(OC)c1. The largest absolute Gasteiger partial charge is 0.497 e. The summed E-state index contributed by atoms with van der Waals surface area (Å²) in [6.45, 7) is 0. The van der Waals surface area contributed by atoms with Gasteiger partial charge in [-0.05, 0) is 19.3 Å². The first-order valence-electron chi connectivity index (χ1n) is 5.91. The lowest BCUT2D eigenvalue weighted by Gasteiger charge is -2.36. The van der Waals surface area contributed by atoms with Crippen LogP contribution in [0.3, 0.4) is 0 Å². The van der Waals surface area contributed by atoms with Gasteiger partial charge in [0.25, 0.3) is 0 Å². The molecule has 0 atom stereocenters. The standard InChI is InChI=1S/C13H18N2O3/c1-17-10-6-9(7-11(8-10)18-2)15-12(16)13(14)4-3-5-13/h6-8H,3-5,14H2,1-2H3,(H,15,16). The van der Waals surface area contributed by atoms with Crippen LogP contribution >= 0.6 is 0 Å². The molecule has 1 aliphatic rings. The van der Waals surface area contributed by atoms with E-state index in [-0.39, 0.29) is 5.91 Å². The highest BCUT2D eigenvalue weighted by Gasteiger charge is 2.40. The first kappa shape index (κ1) is 12.7. The molecule has 0 heterocycles. The third kappa shape index (κ3) is 2.41. The van der Waals surface area contributed by atoms with Crippen molar-refractivity contribution in [2.24, 2.45) is 5.73 Å². The van der Waals surface area contributed by atoms with Crippen molar-refractivity contribution < 1.29 is 14.3 Å². The maximum absolute atomic E-state index is 12.0. The Kier molecular flexibility index (Phi) is 3.43. The van der Waals surface area contributed by atoms with Gasteiger partial charge in [-0.15, -0.1) is 0 Å². The van der Waals surface area contributed by atoms with Crippen molar-refractivity contribution in [2.75, 3.05) is 19.5 Å². The Hall–Kier alpha value is -1.75. The molecule has 0 unspecified atom stereocenters. The van der Waals surface area contributed by atoms with Gasteiger partial charge in [0.15, 0.2) is 0 Å². The molecule has 0 aliphatic heterocycles. The molecule has 2 rings (SSSR count). The summed E-state index contributed by atoms with van der Waals surface area (Å²) in [4.78, 5) is 12.0. The smallest absolute Gasteiger partial charge is 0.244 e. The second-order valence-corrected chi connectivity index (χ2v) is 4.57. The lowest BCUT2D eigenvalue weighted by atomic mass is 9.77. The number of methoxy groups -OCH3 is 2. The molecular weight excluding hydrogens is 232 g/mol. The summed E-state index contributed by atoms with van der Waals surface area (Å²) in [6, 6.07) is 5.22. The van der Waals surface area contributed by atoms with Crippen LogP contribution in [0.4, 0.5) is 5.69 Å². The lowest BCUT2D eigenvalue weighted by molar-refractivity contribution is -0.123. The summed E-state index contributed by atoms with van der Waals surface area (Å²) in [5, 5.41) is 2.81. The fourth-order valence-electron chi connectivity index (χ4n) is 1.92. The maximum atomic E-state index is 12.0. The average molecular weight is 250 g/mol. The molecule has 1 aliphatic carbocycles. The van der Waals surface area contributed by atoms with E-state index < -0.39 is 5.54 Å². The number of carbonyl (C=O) groups excluding carboxylic acids is 1. The van der Waals surface area contributed by atoms with E-state index in [9.17, 15) is 4.79 Å². The highest BCUT2D eigenvalue weighted by Crippen LogP contribution is 2.31. The van der Waals surface area contributed by atoms with Crippen LogP contribution in [-0.4, -0.2) is 25.7 Å². The fraction of sp³-hybridized carbons (Fsp3) is 0.462. The van der Waals surface area contributed by atoms with Gasteiger partial charge in [0.2, 0.25) is 5.91 Å². The van der Waals surface area contributed by atoms with Gasteiger partial charge in [0, 0.05) is 23.9 Å². The highest BCUT2D eigenvalue weighted by molar-refractivity contribution is 5.98. The Morgan fingerprint density at radius 1 is 1.22 bits per heavy atom. The van der Waals surface area contributed by atoms with Crippen molar-refractivity contribution in [3.63, 3.8) is 0 Å². The second kappa shape index (κ2) is 4.86. The molecule has 1 fully saturated rings. The zero-order chi connectivity index (χ0) is 13.2. The predicted octanol–water partition coefficient (Wildman–Crippen LogP) is 1.52. The van der Waals surface area contributed by atoms with E-state index in [1.807, 2.05) is 0 Å². The Morgan fingerprint density at radius 3 is 2.17 bits per heavy atom. The zero-order valence-electron chi connectivity index (χ0n) is 10.7. The average Bonchev–Trinajstić information content (AvgIpc) is 2.35. The van der Waals surface area contributed by atoms with E-state index in [2.05, 4.69) is 5.32 Å². The summed E-state index contributed by atoms with van der Waals surface area (Å²) in [5.74, 6) is 1.11. The van der Waals surface area contributed by atoms with Crippen LogP contribution in [0.25, 0.3) is 0 Å². The van der Waals surface area contributed by atoms with Gasteiger partial charge in [0.05, 0.1) is 19.8 Å². The van der Waals surface area contributed by atoms with Crippen molar-refractivity contribution in [1.82, 2.24) is 0 Å². The molecule has 1 amide bonds. The van der Waals surface area contributed by atoms with Crippen LogP contribution in [0.5, 0.6) is 11.5 Å². The molecule has 1 saturated carbocycles. The van der Waals surface area contributed by atoms with Crippen LogP contribution < -0.4 is 20.5 Å². The summed E-state index contributed by atoms with van der Waals surface area (Å²) in [7, 11) is 3.13.